The van der Waals surface area contributed by atoms with Gasteiger partial charge in [0, 0.05) is 48.6 Å². The SMILES string of the molecule is Cc1cc(-c2nc(C3CCN(C(=O)OC(C)(C)C)CC3)cs2)cc2cn(C)nc12. The van der Waals surface area contributed by atoms with Crippen LogP contribution in [-0.2, 0) is 11.8 Å². The molecule has 1 aliphatic rings. The number of thiazole rings is 1. The first-order valence-corrected chi connectivity index (χ1v) is 11.0. The standard InChI is InChI=1S/C22H28N4O2S/c1-14-10-16(11-17-12-25(5)24-19(14)17)20-23-18(13-29-20)15-6-8-26(9-7-15)21(27)28-22(2,3)4/h10-13,15H,6-9H2,1-5H3. The number of ether oxygens (including phenoxy) is 1. The fraction of sp³-hybridized carbons (Fsp3) is 0.500. The minimum atomic E-state index is -0.453. The maximum atomic E-state index is 12.3. The molecular weight excluding hydrogens is 384 g/mol. The molecule has 0 radical (unpaired) electrons. The summed E-state index contributed by atoms with van der Waals surface area (Å²) in [5.74, 6) is 0.391. The first-order valence-electron chi connectivity index (χ1n) is 10.1. The average Bonchev–Trinajstić information content (AvgIpc) is 3.27. The Bertz CT molecular complexity index is 1040. The van der Waals surface area contributed by atoms with Crippen molar-refractivity contribution in [2.75, 3.05) is 13.1 Å². The largest absolute Gasteiger partial charge is 0.444 e. The number of aryl methyl sites for hydroxylation is 2. The van der Waals surface area contributed by atoms with Gasteiger partial charge in [-0.25, -0.2) is 9.78 Å². The van der Waals surface area contributed by atoms with E-state index < -0.39 is 5.60 Å². The van der Waals surface area contributed by atoms with Crippen molar-refractivity contribution in [2.24, 2.45) is 7.05 Å². The third-order valence-electron chi connectivity index (χ3n) is 5.25. The molecule has 0 bridgehead atoms. The summed E-state index contributed by atoms with van der Waals surface area (Å²) in [6.07, 6.45) is 3.67. The van der Waals surface area contributed by atoms with Crippen LogP contribution in [0.1, 0.15) is 50.8 Å². The Hall–Kier alpha value is -2.41. The zero-order valence-electron chi connectivity index (χ0n) is 17.7. The van der Waals surface area contributed by atoms with E-state index in [1.807, 2.05) is 43.6 Å². The summed E-state index contributed by atoms with van der Waals surface area (Å²) in [6.45, 7) is 9.23. The van der Waals surface area contributed by atoms with E-state index in [1.165, 1.54) is 5.56 Å². The first-order chi connectivity index (χ1) is 13.7. The minimum absolute atomic E-state index is 0.213. The zero-order valence-corrected chi connectivity index (χ0v) is 18.5. The summed E-state index contributed by atoms with van der Waals surface area (Å²) in [5.41, 5.74) is 4.04. The van der Waals surface area contributed by atoms with Crippen molar-refractivity contribution in [1.29, 1.82) is 0 Å². The van der Waals surface area contributed by atoms with Gasteiger partial charge in [-0.05, 0) is 58.2 Å². The zero-order chi connectivity index (χ0) is 20.8. The molecule has 0 atom stereocenters. The number of carbonyl (C=O) groups is 1. The summed E-state index contributed by atoms with van der Waals surface area (Å²) < 4.78 is 7.35. The van der Waals surface area contributed by atoms with Crippen molar-refractivity contribution in [3.05, 3.63) is 35.0 Å². The molecule has 1 aliphatic heterocycles. The highest BCUT2D eigenvalue weighted by molar-refractivity contribution is 7.13. The van der Waals surface area contributed by atoms with Gasteiger partial charge in [0.05, 0.1) is 11.2 Å². The highest BCUT2D eigenvalue weighted by Gasteiger charge is 2.28. The van der Waals surface area contributed by atoms with Crippen molar-refractivity contribution in [3.63, 3.8) is 0 Å². The molecule has 1 aromatic carbocycles. The van der Waals surface area contributed by atoms with E-state index in [1.54, 1.807) is 11.3 Å². The lowest BCUT2D eigenvalue weighted by Crippen LogP contribution is -2.41. The summed E-state index contributed by atoms with van der Waals surface area (Å²) >= 11 is 1.69. The van der Waals surface area contributed by atoms with E-state index >= 15 is 0 Å². The van der Waals surface area contributed by atoms with Crippen LogP contribution in [0.25, 0.3) is 21.5 Å². The summed E-state index contributed by atoms with van der Waals surface area (Å²) in [7, 11) is 1.95. The topological polar surface area (TPSA) is 60.3 Å². The molecule has 3 aromatic rings. The minimum Gasteiger partial charge on any atom is -0.444 e. The molecule has 0 saturated carbocycles. The fourth-order valence-electron chi connectivity index (χ4n) is 3.84. The molecule has 2 aromatic heterocycles. The molecule has 0 unspecified atom stereocenters. The summed E-state index contributed by atoms with van der Waals surface area (Å²) in [6, 6.07) is 4.34. The van der Waals surface area contributed by atoms with Crippen LogP contribution < -0.4 is 0 Å². The van der Waals surface area contributed by atoms with Crippen molar-refractivity contribution in [2.45, 2.75) is 52.1 Å². The van der Waals surface area contributed by atoms with Crippen LogP contribution in [0.3, 0.4) is 0 Å². The molecule has 0 spiro atoms. The Morgan fingerprint density at radius 1 is 1.24 bits per heavy atom. The van der Waals surface area contributed by atoms with Gasteiger partial charge in [0.2, 0.25) is 0 Å². The lowest BCUT2D eigenvalue weighted by atomic mass is 9.94. The van der Waals surface area contributed by atoms with Crippen LogP contribution in [0, 0.1) is 6.92 Å². The molecule has 1 amide bonds. The predicted octanol–water partition coefficient (Wildman–Crippen LogP) is 5.12. The number of likely N-dealkylation sites (tertiary alicyclic amines) is 1. The number of hydrogen-bond donors (Lipinski definition) is 0. The maximum Gasteiger partial charge on any atom is 0.410 e. The number of amides is 1. The molecule has 4 rings (SSSR count). The van der Waals surface area contributed by atoms with E-state index in [0.717, 1.165) is 40.0 Å². The normalized spacial score (nSPS) is 15.8. The number of piperidine rings is 1. The van der Waals surface area contributed by atoms with Crippen molar-refractivity contribution >= 4 is 28.3 Å². The van der Waals surface area contributed by atoms with E-state index in [2.05, 4.69) is 29.5 Å². The molecule has 1 fully saturated rings. The van der Waals surface area contributed by atoms with Gasteiger partial charge in [-0.2, -0.15) is 5.10 Å². The Labute approximate surface area is 175 Å². The molecule has 6 nitrogen and oxygen atoms in total. The van der Waals surface area contributed by atoms with Gasteiger partial charge >= 0.3 is 6.09 Å². The van der Waals surface area contributed by atoms with Gasteiger partial charge in [-0.3, -0.25) is 4.68 Å². The molecule has 3 heterocycles. The van der Waals surface area contributed by atoms with Gasteiger partial charge in [0.1, 0.15) is 10.6 Å². The van der Waals surface area contributed by atoms with Crippen LogP contribution in [0.5, 0.6) is 0 Å². The molecule has 154 valence electrons. The van der Waals surface area contributed by atoms with Crippen LogP contribution in [0.2, 0.25) is 0 Å². The van der Waals surface area contributed by atoms with E-state index in [9.17, 15) is 4.79 Å². The Morgan fingerprint density at radius 2 is 1.97 bits per heavy atom. The number of rotatable bonds is 2. The number of carbonyl (C=O) groups excluding carboxylic acids is 1. The van der Waals surface area contributed by atoms with Crippen LogP contribution >= 0.6 is 11.3 Å². The third kappa shape index (κ3) is 4.29. The van der Waals surface area contributed by atoms with E-state index in [0.29, 0.717) is 19.0 Å². The number of fused-ring (bicyclic) bond motifs is 1. The van der Waals surface area contributed by atoms with Gasteiger partial charge in [-0.1, -0.05) is 0 Å². The fourth-order valence-corrected chi connectivity index (χ4v) is 4.73. The van der Waals surface area contributed by atoms with Crippen molar-refractivity contribution in [1.82, 2.24) is 19.7 Å². The summed E-state index contributed by atoms with van der Waals surface area (Å²) in [4.78, 5) is 19.0. The molecule has 29 heavy (non-hydrogen) atoms. The van der Waals surface area contributed by atoms with Crippen molar-refractivity contribution < 1.29 is 9.53 Å². The lowest BCUT2D eigenvalue weighted by Gasteiger charge is -2.32. The second-order valence-electron chi connectivity index (χ2n) is 8.85. The third-order valence-corrected chi connectivity index (χ3v) is 6.16. The van der Waals surface area contributed by atoms with Gasteiger partial charge in [0.25, 0.3) is 0 Å². The van der Waals surface area contributed by atoms with Gasteiger partial charge in [-0.15, -0.1) is 11.3 Å². The van der Waals surface area contributed by atoms with Crippen molar-refractivity contribution in [3.8, 4) is 10.6 Å². The van der Waals surface area contributed by atoms with Crippen LogP contribution in [0.4, 0.5) is 4.79 Å². The number of aromatic nitrogens is 3. The Balaban J connectivity index is 1.46. The van der Waals surface area contributed by atoms with Gasteiger partial charge < -0.3 is 9.64 Å². The van der Waals surface area contributed by atoms with Crippen LogP contribution in [0.15, 0.2) is 23.7 Å². The number of hydrogen-bond acceptors (Lipinski definition) is 5. The monoisotopic (exact) mass is 412 g/mol. The Kier molecular flexibility index (Phi) is 5.11. The first kappa shape index (κ1) is 19.9. The summed E-state index contributed by atoms with van der Waals surface area (Å²) in [5, 5.41) is 8.89. The lowest BCUT2D eigenvalue weighted by molar-refractivity contribution is 0.0204. The number of benzene rings is 1. The van der Waals surface area contributed by atoms with Crippen LogP contribution in [-0.4, -0.2) is 44.4 Å². The molecular formula is C22H28N4O2S. The molecule has 0 aliphatic carbocycles. The van der Waals surface area contributed by atoms with E-state index in [-0.39, 0.29) is 6.09 Å². The second kappa shape index (κ2) is 7.44. The van der Waals surface area contributed by atoms with Gasteiger partial charge in [0.15, 0.2) is 0 Å². The average molecular weight is 413 g/mol. The quantitative estimate of drug-likeness (QED) is 0.586. The highest BCUT2D eigenvalue weighted by atomic mass is 32.1. The predicted molar refractivity (Wildman–Crippen MR) is 116 cm³/mol. The molecule has 0 N–H and O–H groups in total. The highest BCUT2D eigenvalue weighted by Crippen LogP contribution is 2.34. The van der Waals surface area contributed by atoms with E-state index in [4.69, 9.17) is 9.72 Å². The smallest absolute Gasteiger partial charge is 0.410 e. The number of nitrogens with zero attached hydrogens (tertiary/aromatic N) is 4. The Morgan fingerprint density at radius 3 is 2.66 bits per heavy atom. The molecule has 7 heteroatoms. The maximum absolute atomic E-state index is 12.3. The molecule has 1 saturated heterocycles. The second-order valence-corrected chi connectivity index (χ2v) is 9.71.